The highest BCUT2D eigenvalue weighted by Crippen LogP contribution is 2.30. The van der Waals surface area contributed by atoms with E-state index in [1.54, 1.807) is 18.3 Å². The number of halogens is 3. The average molecular weight is 431 g/mol. The molecule has 1 atom stereocenters. The van der Waals surface area contributed by atoms with E-state index in [-0.39, 0.29) is 11.6 Å². The number of aryl methyl sites for hydroxylation is 1. The van der Waals surface area contributed by atoms with Gasteiger partial charge in [-0.3, -0.25) is 4.79 Å². The van der Waals surface area contributed by atoms with Crippen LogP contribution in [-0.2, 0) is 0 Å². The second-order valence-corrected chi connectivity index (χ2v) is 7.85. The van der Waals surface area contributed by atoms with E-state index in [0.29, 0.717) is 6.42 Å². The van der Waals surface area contributed by atoms with Gasteiger partial charge in [0, 0.05) is 16.4 Å². The summed E-state index contributed by atoms with van der Waals surface area (Å²) in [5, 5.41) is 5.99. The van der Waals surface area contributed by atoms with Crippen LogP contribution in [0, 0.1) is 6.92 Å². The summed E-state index contributed by atoms with van der Waals surface area (Å²) in [6, 6.07) is 11.1. The van der Waals surface area contributed by atoms with Gasteiger partial charge >= 0.3 is 0 Å². The van der Waals surface area contributed by atoms with E-state index in [0.717, 1.165) is 15.7 Å². The monoisotopic (exact) mass is 429 g/mol. The summed E-state index contributed by atoms with van der Waals surface area (Å²) in [5.74, 6) is -0.355. The highest BCUT2D eigenvalue weighted by atomic mass is 79.9. The minimum atomic E-state index is -1.17. The number of carbonyl (C=O) groups is 1. The normalized spacial score (nSPS) is 12.5. The Labute approximate surface area is 160 Å². The van der Waals surface area contributed by atoms with Crippen molar-refractivity contribution in [2.75, 3.05) is 5.32 Å². The van der Waals surface area contributed by atoms with Crippen molar-refractivity contribution in [1.82, 2.24) is 10.3 Å². The summed E-state index contributed by atoms with van der Waals surface area (Å²) in [4.78, 5) is 16.5. The van der Waals surface area contributed by atoms with Crippen molar-refractivity contribution >= 4 is 50.7 Å². The first-order valence-electron chi connectivity index (χ1n) is 7.45. The lowest BCUT2D eigenvalue weighted by atomic mass is 10.2. The molecule has 0 aliphatic heterocycles. The number of hydrogen-bond acceptors (Lipinski definition) is 3. The van der Waals surface area contributed by atoms with Crippen LogP contribution in [0.15, 0.2) is 47.1 Å². The van der Waals surface area contributed by atoms with Crippen LogP contribution >= 0.6 is 39.1 Å². The third kappa shape index (κ3) is 5.10. The Morgan fingerprint density at radius 1 is 1.25 bits per heavy atom. The molecule has 1 amide bonds. The van der Waals surface area contributed by atoms with E-state index in [9.17, 15) is 4.79 Å². The van der Waals surface area contributed by atoms with Crippen molar-refractivity contribution in [3.8, 4) is 0 Å². The van der Waals surface area contributed by atoms with Gasteiger partial charge in [-0.2, -0.15) is 0 Å². The first-order chi connectivity index (χ1) is 11.3. The maximum absolute atomic E-state index is 12.4. The van der Waals surface area contributed by atoms with Crippen molar-refractivity contribution < 1.29 is 4.79 Å². The number of rotatable bonds is 6. The number of alkyl halides is 2. The molecule has 2 N–H and O–H groups in total. The van der Waals surface area contributed by atoms with Crippen LogP contribution in [0.25, 0.3) is 0 Å². The summed E-state index contributed by atoms with van der Waals surface area (Å²) in [6.07, 6.45) is 1.34. The Morgan fingerprint density at radius 3 is 2.46 bits per heavy atom. The quantitative estimate of drug-likeness (QED) is 0.505. The second-order valence-electron chi connectivity index (χ2n) is 5.39. The number of hydrogen-bond donors (Lipinski definition) is 2. The minimum Gasteiger partial charge on any atom is -0.363 e. The van der Waals surface area contributed by atoms with Crippen molar-refractivity contribution in [2.45, 2.75) is 30.8 Å². The zero-order valence-electron chi connectivity index (χ0n) is 13.3. The van der Waals surface area contributed by atoms with E-state index >= 15 is 0 Å². The van der Waals surface area contributed by atoms with Gasteiger partial charge < -0.3 is 10.6 Å². The molecule has 0 spiro atoms. The highest BCUT2D eigenvalue weighted by molar-refractivity contribution is 9.10. The lowest BCUT2D eigenvalue weighted by Crippen LogP contribution is -2.51. The molecule has 0 fully saturated rings. The fourth-order valence-corrected chi connectivity index (χ4v) is 2.44. The second kappa shape index (κ2) is 8.19. The number of nitrogens with zero attached hydrogens (tertiary/aromatic N) is 1. The average Bonchev–Trinajstić information content (AvgIpc) is 2.56. The first-order valence-corrected chi connectivity index (χ1v) is 9.00. The fourth-order valence-electron chi connectivity index (χ4n) is 1.98. The Morgan fingerprint density at radius 2 is 1.92 bits per heavy atom. The molecular weight excluding hydrogens is 413 g/mol. The topological polar surface area (TPSA) is 54.0 Å². The molecular formula is C17H18BrCl2N3O. The van der Waals surface area contributed by atoms with Crippen LogP contribution < -0.4 is 10.6 Å². The lowest BCUT2D eigenvalue weighted by Gasteiger charge is -2.31. The zero-order valence-corrected chi connectivity index (χ0v) is 16.4. The third-order valence-corrected chi connectivity index (χ3v) is 4.93. The molecule has 7 heteroatoms. The molecule has 128 valence electrons. The molecule has 0 radical (unpaired) electrons. The lowest BCUT2D eigenvalue weighted by molar-refractivity contribution is 0.0933. The summed E-state index contributed by atoms with van der Waals surface area (Å²) in [7, 11) is 0. The number of pyridine rings is 1. The van der Waals surface area contributed by atoms with Crippen molar-refractivity contribution in [3.05, 3.63) is 58.3 Å². The predicted molar refractivity (Wildman–Crippen MR) is 103 cm³/mol. The fraction of sp³-hybridized carbons (Fsp3) is 0.294. The first kappa shape index (κ1) is 19.0. The van der Waals surface area contributed by atoms with E-state index < -0.39 is 10.5 Å². The Hall–Kier alpha value is -1.30. The van der Waals surface area contributed by atoms with Gasteiger partial charge in [0.05, 0.1) is 0 Å². The molecule has 2 rings (SSSR count). The van der Waals surface area contributed by atoms with E-state index in [2.05, 4.69) is 31.5 Å². The number of nitrogens with one attached hydrogen (secondary N) is 2. The molecule has 1 unspecified atom stereocenters. The van der Waals surface area contributed by atoms with Crippen LogP contribution in [0.4, 0.5) is 5.69 Å². The Balaban J connectivity index is 2.18. The van der Waals surface area contributed by atoms with Crippen molar-refractivity contribution in [2.24, 2.45) is 0 Å². The van der Waals surface area contributed by atoms with Gasteiger partial charge in [-0.05, 0) is 53.5 Å². The molecule has 1 heterocycles. The van der Waals surface area contributed by atoms with Gasteiger partial charge in [0.2, 0.25) is 0 Å². The maximum atomic E-state index is 12.4. The van der Waals surface area contributed by atoms with Gasteiger partial charge in [0.1, 0.15) is 11.9 Å². The highest BCUT2D eigenvalue weighted by Gasteiger charge is 2.35. The molecule has 0 bridgehead atoms. The molecule has 0 saturated heterocycles. The molecule has 1 aromatic carbocycles. The van der Waals surface area contributed by atoms with E-state index in [1.807, 2.05) is 38.1 Å². The maximum Gasteiger partial charge on any atom is 0.271 e. The van der Waals surface area contributed by atoms with Gasteiger partial charge in [-0.1, -0.05) is 47.8 Å². The number of carbonyl (C=O) groups excluding carboxylic acids is 1. The van der Waals surface area contributed by atoms with Crippen molar-refractivity contribution in [3.63, 3.8) is 0 Å². The zero-order chi connectivity index (χ0) is 17.7. The van der Waals surface area contributed by atoms with Gasteiger partial charge in [0.25, 0.3) is 5.91 Å². The Kier molecular flexibility index (Phi) is 6.49. The van der Waals surface area contributed by atoms with Gasteiger partial charge in [-0.25, -0.2) is 4.98 Å². The number of amides is 1. The molecule has 0 saturated carbocycles. The van der Waals surface area contributed by atoms with Crippen LogP contribution in [0.3, 0.4) is 0 Å². The summed E-state index contributed by atoms with van der Waals surface area (Å²) in [6.45, 7) is 3.86. The van der Waals surface area contributed by atoms with Crippen LogP contribution in [0.5, 0.6) is 0 Å². The molecule has 2 aromatic rings. The number of benzene rings is 1. The van der Waals surface area contributed by atoms with Crippen LogP contribution in [-0.4, -0.2) is 21.4 Å². The van der Waals surface area contributed by atoms with E-state index in [4.69, 9.17) is 23.2 Å². The molecule has 0 aliphatic carbocycles. The Bertz CT molecular complexity index is 690. The summed E-state index contributed by atoms with van der Waals surface area (Å²) in [5.41, 5.74) is 2.24. The summed E-state index contributed by atoms with van der Waals surface area (Å²) < 4.78 is -0.374. The standard InChI is InChI=1S/C17H18BrCl2N3O/c1-3-17(19,20)16(22-13-7-4-11(2)5-8-13)23-15(24)14-9-6-12(18)10-21-14/h4-10,16,22H,3H2,1-2H3,(H,23,24). The smallest absolute Gasteiger partial charge is 0.271 e. The summed E-state index contributed by atoms with van der Waals surface area (Å²) >= 11 is 16.1. The third-order valence-electron chi connectivity index (χ3n) is 3.49. The van der Waals surface area contributed by atoms with Gasteiger partial charge in [0.15, 0.2) is 4.33 Å². The largest absolute Gasteiger partial charge is 0.363 e. The number of anilines is 1. The van der Waals surface area contributed by atoms with Crippen LogP contribution in [0.1, 0.15) is 29.4 Å². The van der Waals surface area contributed by atoms with Crippen LogP contribution in [0.2, 0.25) is 0 Å². The molecule has 0 aliphatic rings. The van der Waals surface area contributed by atoms with Gasteiger partial charge in [-0.15, -0.1) is 0 Å². The molecule has 4 nitrogen and oxygen atoms in total. The molecule has 1 aromatic heterocycles. The SMILES string of the molecule is CCC(Cl)(Cl)C(NC(=O)c1ccc(Br)cn1)Nc1ccc(C)cc1. The minimum absolute atomic E-state index is 0.286. The predicted octanol–water partition coefficient (Wildman–Crippen LogP) is 4.90. The van der Waals surface area contributed by atoms with E-state index in [1.165, 1.54) is 0 Å². The molecule has 24 heavy (non-hydrogen) atoms. The number of aromatic nitrogens is 1. The van der Waals surface area contributed by atoms with Crippen molar-refractivity contribution in [1.29, 1.82) is 0 Å².